The predicted molar refractivity (Wildman–Crippen MR) is 99.3 cm³/mol. The molecule has 0 saturated carbocycles. The number of carbonyl (C=O) groups is 1. The van der Waals surface area contributed by atoms with Crippen molar-refractivity contribution in [3.8, 4) is 0 Å². The van der Waals surface area contributed by atoms with E-state index >= 15 is 0 Å². The molecule has 1 amide bonds. The number of carbonyl (C=O) groups excluding carboxylic acids is 1. The zero-order valence-electron chi connectivity index (χ0n) is 12.8. The SMILES string of the molecule is CN(C)C(CNC(=O)c1ccc(Cl)cc1I)c1cccc(F)c1. The van der Waals surface area contributed by atoms with Crippen LogP contribution in [0.2, 0.25) is 5.02 Å². The monoisotopic (exact) mass is 446 g/mol. The minimum absolute atomic E-state index is 0.111. The van der Waals surface area contributed by atoms with Crippen molar-refractivity contribution in [2.24, 2.45) is 0 Å². The fourth-order valence-corrected chi connectivity index (χ4v) is 3.39. The zero-order chi connectivity index (χ0) is 17.0. The standard InChI is InChI=1S/C17H17ClFIN2O/c1-22(2)16(11-4-3-5-13(19)8-11)10-21-17(23)14-7-6-12(18)9-15(14)20/h3-9,16H,10H2,1-2H3,(H,21,23). The van der Waals surface area contributed by atoms with E-state index in [9.17, 15) is 9.18 Å². The normalized spacial score (nSPS) is 12.3. The van der Waals surface area contributed by atoms with Crippen molar-refractivity contribution in [1.29, 1.82) is 0 Å². The van der Waals surface area contributed by atoms with Crippen molar-refractivity contribution in [1.82, 2.24) is 10.2 Å². The van der Waals surface area contributed by atoms with Gasteiger partial charge in [-0.2, -0.15) is 0 Å². The van der Waals surface area contributed by atoms with Gasteiger partial charge in [0.15, 0.2) is 0 Å². The van der Waals surface area contributed by atoms with E-state index in [0.717, 1.165) is 9.13 Å². The Morgan fingerprint density at radius 1 is 1.30 bits per heavy atom. The molecule has 0 aliphatic carbocycles. The van der Waals surface area contributed by atoms with Crippen LogP contribution < -0.4 is 5.32 Å². The Labute approximate surface area is 154 Å². The first-order valence-corrected chi connectivity index (χ1v) is 8.49. The van der Waals surface area contributed by atoms with Gasteiger partial charge in [0, 0.05) is 15.1 Å². The van der Waals surface area contributed by atoms with Gasteiger partial charge in [-0.05, 0) is 72.6 Å². The molecular weight excluding hydrogens is 430 g/mol. The summed E-state index contributed by atoms with van der Waals surface area (Å²) in [6.07, 6.45) is 0. The lowest BCUT2D eigenvalue weighted by Gasteiger charge is -2.25. The number of hydrogen-bond donors (Lipinski definition) is 1. The molecule has 0 spiro atoms. The third-order valence-electron chi connectivity index (χ3n) is 3.49. The van der Waals surface area contributed by atoms with Crippen LogP contribution in [0.3, 0.4) is 0 Å². The van der Waals surface area contributed by atoms with Gasteiger partial charge in [0.2, 0.25) is 0 Å². The lowest BCUT2D eigenvalue weighted by molar-refractivity contribution is 0.0941. The van der Waals surface area contributed by atoms with Crippen molar-refractivity contribution >= 4 is 40.1 Å². The van der Waals surface area contributed by atoms with Crippen molar-refractivity contribution in [2.75, 3.05) is 20.6 Å². The minimum atomic E-state index is -0.284. The quantitative estimate of drug-likeness (QED) is 0.701. The molecule has 2 rings (SSSR count). The molecule has 0 fully saturated rings. The summed E-state index contributed by atoms with van der Waals surface area (Å²) < 4.78 is 14.2. The van der Waals surface area contributed by atoms with E-state index in [2.05, 4.69) is 27.9 Å². The zero-order valence-corrected chi connectivity index (χ0v) is 15.7. The molecule has 3 nitrogen and oxygen atoms in total. The largest absolute Gasteiger partial charge is 0.350 e. The van der Waals surface area contributed by atoms with Crippen molar-refractivity contribution in [3.63, 3.8) is 0 Å². The second-order valence-corrected chi connectivity index (χ2v) is 6.97. The number of hydrogen-bond acceptors (Lipinski definition) is 2. The van der Waals surface area contributed by atoms with Crippen molar-refractivity contribution in [2.45, 2.75) is 6.04 Å². The number of amides is 1. The summed E-state index contributed by atoms with van der Waals surface area (Å²) in [7, 11) is 3.79. The highest BCUT2D eigenvalue weighted by atomic mass is 127. The summed E-state index contributed by atoms with van der Waals surface area (Å²) in [4.78, 5) is 14.3. The van der Waals surface area contributed by atoms with Crippen molar-refractivity contribution in [3.05, 3.63) is 68.0 Å². The van der Waals surface area contributed by atoms with Crippen LogP contribution in [0.15, 0.2) is 42.5 Å². The van der Waals surface area contributed by atoms with Crippen LogP contribution in [0, 0.1) is 9.39 Å². The highest BCUT2D eigenvalue weighted by molar-refractivity contribution is 14.1. The van der Waals surface area contributed by atoms with Gasteiger partial charge in [0.25, 0.3) is 5.91 Å². The van der Waals surface area contributed by atoms with E-state index < -0.39 is 0 Å². The topological polar surface area (TPSA) is 32.3 Å². The molecule has 1 atom stereocenters. The summed E-state index contributed by atoms with van der Waals surface area (Å²) in [5.74, 6) is -0.456. The highest BCUT2D eigenvalue weighted by Gasteiger charge is 2.17. The van der Waals surface area contributed by atoms with Gasteiger partial charge in [-0.25, -0.2) is 4.39 Å². The Morgan fingerprint density at radius 2 is 2.04 bits per heavy atom. The van der Waals surface area contributed by atoms with Crippen LogP contribution >= 0.6 is 34.2 Å². The second-order valence-electron chi connectivity index (χ2n) is 5.37. The van der Waals surface area contributed by atoms with Gasteiger partial charge in [-0.3, -0.25) is 4.79 Å². The summed E-state index contributed by atoms with van der Waals surface area (Å²) in [6, 6.07) is 11.4. The summed E-state index contributed by atoms with van der Waals surface area (Å²) in [5, 5.41) is 3.50. The average Bonchev–Trinajstić information content (AvgIpc) is 2.47. The molecule has 1 unspecified atom stereocenters. The van der Waals surface area contributed by atoms with Crippen LogP contribution in [0.25, 0.3) is 0 Å². The van der Waals surface area contributed by atoms with Gasteiger partial charge >= 0.3 is 0 Å². The van der Waals surface area contributed by atoms with Gasteiger partial charge in [0.05, 0.1) is 11.6 Å². The lowest BCUT2D eigenvalue weighted by Crippen LogP contribution is -2.34. The molecule has 0 radical (unpaired) electrons. The fourth-order valence-electron chi connectivity index (χ4n) is 2.27. The molecule has 23 heavy (non-hydrogen) atoms. The van der Waals surface area contributed by atoms with Crippen LogP contribution in [0.1, 0.15) is 22.0 Å². The van der Waals surface area contributed by atoms with Crippen LogP contribution in [0.4, 0.5) is 4.39 Å². The molecule has 2 aromatic carbocycles. The third-order valence-corrected chi connectivity index (χ3v) is 4.62. The first-order valence-electron chi connectivity index (χ1n) is 7.03. The Hall–Kier alpha value is -1.18. The molecule has 0 saturated heterocycles. The smallest absolute Gasteiger partial charge is 0.252 e. The number of likely N-dealkylation sites (N-methyl/N-ethyl adjacent to an activating group) is 1. The Bertz CT molecular complexity index is 709. The molecule has 2 aromatic rings. The maximum Gasteiger partial charge on any atom is 0.252 e. The molecular formula is C17H17ClFIN2O. The molecule has 6 heteroatoms. The van der Waals surface area contributed by atoms with E-state index in [4.69, 9.17) is 11.6 Å². The van der Waals surface area contributed by atoms with Gasteiger partial charge < -0.3 is 10.2 Å². The third kappa shape index (κ3) is 4.89. The number of nitrogens with one attached hydrogen (secondary N) is 1. The average molecular weight is 447 g/mol. The minimum Gasteiger partial charge on any atom is -0.350 e. The molecule has 0 aromatic heterocycles. The maximum absolute atomic E-state index is 13.4. The number of rotatable bonds is 5. The van der Waals surface area contributed by atoms with E-state index in [-0.39, 0.29) is 17.8 Å². The molecule has 0 heterocycles. The summed E-state index contributed by atoms with van der Waals surface area (Å²) >= 11 is 7.99. The van der Waals surface area contributed by atoms with Gasteiger partial charge in [0.1, 0.15) is 5.82 Å². The molecule has 0 aliphatic heterocycles. The van der Waals surface area contributed by atoms with E-state index in [1.54, 1.807) is 24.3 Å². The number of nitrogens with zero attached hydrogens (tertiary/aromatic N) is 1. The van der Waals surface area contributed by atoms with E-state index in [1.165, 1.54) is 12.1 Å². The second kappa shape index (κ2) is 8.08. The van der Waals surface area contributed by atoms with Crippen LogP contribution in [-0.2, 0) is 0 Å². The van der Waals surface area contributed by atoms with Crippen LogP contribution in [-0.4, -0.2) is 31.4 Å². The Balaban J connectivity index is 2.11. The molecule has 122 valence electrons. The maximum atomic E-state index is 13.4. The summed E-state index contributed by atoms with van der Waals surface area (Å²) in [5.41, 5.74) is 1.40. The fraction of sp³-hybridized carbons (Fsp3) is 0.235. The molecule has 0 bridgehead atoms. The first kappa shape index (κ1) is 18.2. The van der Waals surface area contributed by atoms with E-state index in [0.29, 0.717) is 17.1 Å². The van der Waals surface area contributed by atoms with Gasteiger partial charge in [-0.1, -0.05) is 23.7 Å². The van der Waals surface area contributed by atoms with E-state index in [1.807, 2.05) is 25.1 Å². The predicted octanol–water partition coefficient (Wildman–Crippen LogP) is 4.12. The summed E-state index contributed by atoms with van der Waals surface area (Å²) in [6.45, 7) is 0.383. The van der Waals surface area contributed by atoms with Crippen LogP contribution in [0.5, 0.6) is 0 Å². The Morgan fingerprint density at radius 3 is 2.65 bits per heavy atom. The van der Waals surface area contributed by atoms with Gasteiger partial charge in [-0.15, -0.1) is 0 Å². The Kier molecular flexibility index (Phi) is 6.38. The first-order chi connectivity index (χ1) is 10.9. The van der Waals surface area contributed by atoms with Crippen molar-refractivity contribution < 1.29 is 9.18 Å². The number of halogens is 3. The number of benzene rings is 2. The molecule has 0 aliphatic rings. The highest BCUT2D eigenvalue weighted by Crippen LogP contribution is 2.20. The lowest BCUT2D eigenvalue weighted by atomic mass is 10.1. The molecule has 1 N–H and O–H groups in total.